The lowest BCUT2D eigenvalue weighted by atomic mass is 10.3. The number of hydrogen-bond donors (Lipinski definition) is 2. The smallest absolute Gasteiger partial charge is 0.382 e. The Labute approximate surface area is 86.4 Å². The molecule has 0 aromatic rings. The van der Waals surface area contributed by atoms with Crippen molar-refractivity contribution < 1.29 is 27.8 Å². The summed E-state index contributed by atoms with van der Waals surface area (Å²) < 4.78 is 45.0. The van der Waals surface area contributed by atoms with Gasteiger partial charge in [0.05, 0.1) is 19.8 Å². The zero-order valence-corrected chi connectivity index (χ0v) is 8.51. The zero-order chi connectivity index (χ0) is 11.7. The molecule has 1 unspecified atom stereocenters. The minimum Gasteiger partial charge on any atom is -0.382 e. The first kappa shape index (κ1) is 14.6. The summed E-state index contributed by atoms with van der Waals surface area (Å²) >= 11 is 0. The number of halogens is 3. The van der Waals surface area contributed by atoms with Crippen LogP contribution in [0.2, 0.25) is 0 Å². The highest BCUT2D eigenvalue weighted by Gasteiger charge is 2.37. The summed E-state index contributed by atoms with van der Waals surface area (Å²) in [6.45, 7) is 0.882. The van der Waals surface area contributed by atoms with E-state index in [4.69, 9.17) is 14.6 Å². The van der Waals surface area contributed by atoms with E-state index in [9.17, 15) is 13.2 Å². The van der Waals surface area contributed by atoms with Crippen LogP contribution in [0.15, 0.2) is 0 Å². The van der Waals surface area contributed by atoms with E-state index in [1.807, 2.05) is 0 Å². The molecule has 0 spiro atoms. The third kappa shape index (κ3) is 8.61. The van der Waals surface area contributed by atoms with Gasteiger partial charge in [0, 0.05) is 20.2 Å². The van der Waals surface area contributed by atoms with Crippen molar-refractivity contribution in [3.05, 3.63) is 0 Å². The zero-order valence-electron chi connectivity index (χ0n) is 8.51. The fourth-order valence-corrected chi connectivity index (χ4v) is 0.743. The standard InChI is InChI=1S/C8H16F3NO3/c1-14-4-5-15-3-2-12-6-7(13)8(9,10)11/h7,12-13H,2-6H2,1H3. The molecule has 0 aliphatic rings. The molecule has 0 rings (SSSR count). The lowest BCUT2D eigenvalue weighted by Crippen LogP contribution is -2.39. The summed E-state index contributed by atoms with van der Waals surface area (Å²) in [7, 11) is 1.53. The minimum atomic E-state index is -4.57. The maximum absolute atomic E-state index is 11.8. The Hall–Kier alpha value is -0.370. The monoisotopic (exact) mass is 231 g/mol. The first-order valence-corrected chi connectivity index (χ1v) is 4.50. The van der Waals surface area contributed by atoms with E-state index in [0.717, 1.165) is 0 Å². The average molecular weight is 231 g/mol. The molecule has 4 nitrogen and oxygen atoms in total. The highest BCUT2D eigenvalue weighted by Crippen LogP contribution is 2.18. The molecule has 15 heavy (non-hydrogen) atoms. The molecule has 0 saturated heterocycles. The summed E-state index contributed by atoms with van der Waals surface area (Å²) in [6.07, 6.45) is -6.89. The number of nitrogens with one attached hydrogen (secondary N) is 1. The number of ether oxygens (including phenoxy) is 2. The van der Waals surface area contributed by atoms with Crippen LogP contribution < -0.4 is 5.32 Å². The van der Waals surface area contributed by atoms with E-state index in [0.29, 0.717) is 13.2 Å². The Morgan fingerprint density at radius 2 is 1.93 bits per heavy atom. The Bertz CT molecular complexity index is 155. The number of aliphatic hydroxyl groups is 1. The van der Waals surface area contributed by atoms with Crippen LogP contribution in [0.4, 0.5) is 13.2 Å². The van der Waals surface area contributed by atoms with E-state index >= 15 is 0 Å². The van der Waals surface area contributed by atoms with E-state index in [2.05, 4.69) is 5.32 Å². The first-order valence-electron chi connectivity index (χ1n) is 4.50. The van der Waals surface area contributed by atoms with Crippen molar-refractivity contribution in [2.75, 3.05) is 40.0 Å². The molecule has 0 saturated carbocycles. The Morgan fingerprint density at radius 3 is 2.47 bits per heavy atom. The summed E-state index contributed by atoms with van der Waals surface area (Å²) in [4.78, 5) is 0. The van der Waals surface area contributed by atoms with Crippen LogP contribution in [0.25, 0.3) is 0 Å². The minimum absolute atomic E-state index is 0.261. The lowest BCUT2D eigenvalue weighted by molar-refractivity contribution is -0.201. The van der Waals surface area contributed by atoms with E-state index in [-0.39, 0.29) is 13.2 Å². The van der Waals surface area contributed by atoms with Crippen molar-refractivity contribution in [2.45, 2.75) is 12.3 Å². The second kappa shape index (κ2) is 7.86. The normalized spacial score (nSPS) is 14.2. The summed E-state index contributed by atoms with van der Waals surface area (Å²) in [5.74, 6) is 0. The van der Waals surface area contributed by atoms with Gasteiger partial charge in [-0.2, -0.15) is 13.2 Å². The molecule has 0 radical (unpaired) electrons. The van der Waals surface area contributed by atoms with Crippen LogP contribution in [-0.2, 0) is 9.47 Å². The van der Waals surface area contributed by atoms with Crippen LogP contribution in [0.3, 0.4) is 0 Å². The number of rotatable bonds is 8. The predicted molar refractivity (Wildman–Crippen MR) is 47.6 cm³/mol. The van der Waals surface area contributed by atoms with Gasteiger partial charge in [-0.1, -0.05) is 0 Å². The molecule has 92 valence electrons. The van der Waals surface area contributed by atoms with Crippen molar-refractivity contribution in [1.29, 1.82) is 0 Å². The van der Waals surface area contributed by atoms with Crippen molar-refractivity contribution in [3.63, 3.8) is 0 Å². The van der Waals surface area contributed by atoms with E-state index in [1.54, 1.807) is 0 Å². The fourth-order valence-electron chi connectivity index (χ4n) is 0.743. The summed E-state index contributed by atoms with van der Waals surface area (Å²) in [5, 5.41) is 11.0. The molecule has 7 heteroatoms. The SMILES string of the molecule is COCCOCCNCC(O)C(F)(F)F. The van der Waals surface area contributed by atoms with E-state index < -0.39 is 18.8 Å². The molecule has 0 bridgehead atoms. The second-order valence-corrected chi connectivity index (χ2v) is 2.87. The highest BCUT2D eigenvalue weighted by molar-refractivity contribution is 4.67. The highest BCUT2D eigenvalue weighted by atomic mass is 19.4. The average Bonchev–Trinajstić information content (AvgIpc) is 2.14. The van der Waals surface area contributed by atoms with Gasteiger partial charge in [0.2, 0.25) is 0 Å². The van der Waals surface area contributed by atoms with Gasteiger partial charge in [-0.15, -0.1) is 0 Å². The topological polar surface area (TPSA) is 50.7 Å². The number of methoxy groups -OCH3 is 1. The number of hydrogen-bond acceptors (Lipinski definition) is 4. The van der Waals surface area contributed by atoms with Crippen molar-refractivity contribution in [3.8, 4) is 0 Å². The third-order valence-corrected chi connectivity index (χ3v) is 1.57. The van der Waals surface area contributed by atoms with Gasteiger partial charge < -0.3 is 19.9 Å². The van der Waals surface area contributed by atoms with Crippen molar-refractivity contribution in [1.82, 2.24) is 5.32 Å². The first-order chi connectivity index (χ1) is 6.98. The molecule has 2 N–H and O–H groups in total. The third-order valence-electron chi connectivity index (χ3n) is 1.57. The largest absolute Gasteiger partial charge is 0.415 e. The number of aliphatic hydroxyl groups excluding tert-OH is 1. The molecular formula is C8H16F3NO3. The molecule has 0 heterocycles. The summed E-state index contributed by atoms with van der Waals surface area (Å²) in [5.41, 5.74) is 0. The quantitative estimate of drug-likeness (QED) is 0.584. The number of alkyl halides is 3. The summed E-state index contributed by atoms with van der Waals surface area (Å²) in [6, 6.07) is 0. The lowest BCUT2D eigenvalue weighted by Gasteiger charge is -2.14. The van der Waals surface area contributed by atoms with Gasteiger partial charge >= 0.3 is 6.18 Å². The van der Waals surface area contributed by atoms with Gasteiger partial charge in [-0.3, -0.25) is 0 Å². The van der Waals surface area contributed by atoms with Crippen LogP contribution in [0.1, 0.15) is 0 Å². The van der Waals surface area contributed by atoms with Gasteiger partial charge in [0.15, 0.2) is 6.10 Å². The molecule has 1 atom stereocenters. The van der Waals surface area contributed by atoms with Crippen LogP contribution in [0, 0.1) is 0 Å². The maximum Gasteiger partial charge on any atom is 0.415 e. The molecule has 0 aliphatic heterocycles. The van der Waals surface area contributed by atoms with Gasteiger partial charge in [-0.05, 0) is 0 Å². The fraction of sp³-hybridized carbons (Fsp3) is 1.00. The van der Waals surface area contributed by atoms with Gasteiger partial charge in [0.25, 0.3) is 0 Å². The van der Waals surface area contributed by atoms with Gasteiger partial charge in [0.1, 0.15) is 0 Å². The molecule has 0 aliphatic carbocycles. The molecule has 0 aromatic heterocycles. The van der Waals surface area contributed by atoms with Crippen LogP contribution >= 0.6 is 0 Å². The predicted octanol–water partition coefficient (Wildman–Crippen LogP) is 0.162. The molecule has 0 amide bonds. The van der Waals surface area contributed by atoms with E-state index in [1.165, 1.54) is 7.11 Å². The maximum atomic E-state index is 11.8. The molecule has 0 fully saturated rings. The Balaban J connectivity index is 3.24. The van der Waals surface area contributed by atoms with Crippen molar-refractivity contribution in [2.24, 2.45) is 0 Å². The second-order valence-electron chi connectivity index (χ2n) is 2.87. The van der Waals surface area contributed by atoms with Crippen LogP contribution in [0.5, 0.6) is 0 Å². The molecule has 0 aromatic carbocycles. The van der Waals surface area contributed by atoms with Crippen LogP contribution in [-0.4, -0.2) is 57.4 Å². The Kier molecular flexibility index (Phi) is 7.67. The Morgan fingerprint density at radius 1 is 1.27 bits per heavy atom. The van der Waals surface area contributed by atoms with Crippen molar-refractivity contribution >= 4 is 0 Å². The van der Waals surface area contributed by atoms with Gasteiger partial charge in [-0.25, -0.2) is 0 Å². The molecular weight excluding hydrogens is 215 g/mol.